The van der Waals surface area contributed by atoms with Gasteiger partial charge in [-0.3, -0.25) is 10.1 Å². The Kier molecular flexibility index (Phi) is 3.25. The molecule has 1 rings (SSSR count). The molecular formula is C8H15N3O2. The first-order valence-corrected chi connectivity index (χ1v) is 4.40. The van der Waals surface area contributed by atoms with Crippen LogP contribution in [0.1, 0.15) is 19.8 Å². The van der Waals surface area contributed by atoms with E-state index in [9.17, 15) is 9.59 Å². The number of carbonyl (C=O) groups excluding carboxylic acids is 2. The maximum Gasteiger partial charge on any atom is 0.318 e. The van der Waals surface area contributed by atoms with Crippen LogP contribution in [0.5, 0.6) is 0 Å². The van der Waals surface area contributed by atoms with Gasteiger partial charge < -0.3 is 11.1 Å². The first-order chi connectivity index (χ1) is 6.08. The van der Waals surface area contributed by atoms with Gasteiger partial charge in [-0.25, -0.2) is 4.79 Å². The van der Waals surface area contributed by atoms with E-state index in [4.69, 9.17) is 5.73 Å². The molecule has 0 radical (unpaired) electrons. The Bertz CT molecular complexity index is 211. The molecule has 0 saturated heterocycles. The van der Waals surface area contributed by atoms with E-state index in [-0.39, 0.29) is 12.5 Å². The summed E-state index contributed by atoms with van der Waals surface area (Å²) < 4.78 is 0. The third-order valence-corrected chi connectivity index (χ3v) is 2.19. The predicted molar refractivity (Wildman–Crippen MR) is 47.9 cm³/mol. The Morgan fingerprint density at radius 2 is 2.08 bits per heavy atom. The molecule has 0 aromatic rings. The number of nitrogens with two attached hydrogens (primary N) is 1. The molecule has 1 fully saturated rings. The van der Waals surface area contributed by atoms with Crippen molar-refractivity contribution in [2.75, 3.05) is 6.54 Å². The van der Waals surface area contributed by atoms with Crippen molar-refractivity contribution in [1.82, 2.24) is 10.6 Å². The molecule has 5 heteroatoms. The van der Waals surface area contributed by atoms with Crippen LogP contribution in [0.15, 0.2) is 0 Å². The second-order valence-electron chi connectivity index (χ2n) is 3.57. The van der Waals surface area contributed by atoms with E-state index < -0.39 is 6.03 Å². The minimum absolute atomic E-state index is 0.167. The lowest BCUT2D eigenvalue weighted by atomic mass is 9.82. The quantitative estimate of drug-likeness (QED) is 0.557. The second kappa shape index (κ2) is 4.23. The maximum atomic E-state index is 10.9. The molecule has 0 aromatic carbocycles. The van der Waals surface area contributed by atoms with E-state index in [1.165, 1.54) is 0 Å². The number of primary amides is 1. The minimum Gasteiger partial charge on any atom is -0.351 e. The fraction of sp³-hybridized carbons (Fsp3) is 0.750. The van der Waals surface area contributed by atoms with Crippen LogP contribution in [0.4, 0.5) is 4.79 Å². The number of imide groups is 1. The van der Waals surface area contributed by atoms with E-state index >= 15 is 0 Å². The van der Waals surface area contributed by atoms with E-state index in [0.29, 0.717) is 6.04 Å². The van der Waals surface area contributed by atoms with Gasteiger partial charge in [-0.05, 0) is 18.8 Å². The van der Waals surface area contributed by atoms with Gasteiger partial charge in [0.15, 0.2) is 0 Å². The highest BCUT2D eigenvalue weighted by Crippen LogP contribution is 2.25. The number of amides is 3. The second-order valence-corrected chi connectivity index (χ2v) is 3.57. The zero-order chi connectivity index (χ0) is 9.84. The van der Waals surface area contributed by atoms with E-state index in [2.05, 4.69) is 12.2 Å². The number of rotatable bonds is 3. The Balaban J connectivity index is 2.05. The van der Waals surface area contributed by atoms with Crippen molar-refractivity contribution in [1.29, 1.82) is 0 Å². The van der Waals surface area contributed by atoms with Crippen LogP contribution >= 0.6 is 0 Å². The largest absolute Gasteiger partial charge is 0.351 e. The van der Waals surface area contributed by atoms with Crippen LogP contribution in [-0.2, 0) is 4.79 Å². The van der Waals surface area contributed by atoms with Gasteiger partial charge in [-0.15, -0.1) is 0 Å². The van der Waals surface area contributed by atoms with Gasteiger partial charge in [0.05, 0.1) is 6.54 Å². The van der Waals surface area contributed by atoms with Gasteiger partial charge >= 0.3 is 6.03 Å². The molecule has 0 atom stereocenters. The molecule has 5 nitrogen and oxygen atoms in total. The van der Waals surface area contributed by atoms with E-state index in [1.807, 2.05) is 5.32 Å². The molecule has 1 aliphatic rings. The molecule has 0 unspecified atom stereocenters. The third-order valence-electron chi connectivity index (χ3n) is 2.19. The van der Waals surface area contributed by atoms with Crippen LogP contribution in [0, 0.1) is 5.92 Å². The van der Waals surface area contributed by atoms with Crippen LogP contribution in [0.25, 0.3) is 0 Å². The first-order valence-electron chi connectivity index (χ1n) is 4.40. The molecule has 1 aliphatic carbocycles. The lowest BCUT2D eigenvalue weighted by Crippen LogP contribution is -2.47. The molecule has 4 N–H and O–H groups in total. The molecule has 13 heavy (non-hydrogen) atoms. The molecule has 3 amide bonds. The summed E-state index contributed by atoms with van der Waals surface area (Å²) in [4.78, 5) is 21.2. The number of urea groups is 1. The molecule has 0 heterocycles. The molecule has 0 spiro atoms. The number of hydrogen-bond acceptors (Lipinski definition) is 3. The number of hydrogen-bond donors (Lipinski definition) is 3. The van der Waals surface area contributed by atoms with Crippen molar-refractivity contribution in [3.8, 4) is 0 Å². The Morgan fingerprint density at radius 1 is 1.46 bits per heavy atom. The summed E-state index contributed by atoms with van der Waals surface area (Å²) in [6, 6.07) is -0.373. The Hall–Kier alpha value is -1.10. The van der Waals surface area contributed by atoms with Crippen molar-refractivity contribution in [3.05, 3.63) is 0 Å². The smallest absolute Gasteiger partial charge is 0.318 e. The lowest BCUT2D eigenvalue weighted by molar-refractivity contribution is -0.119. The van der Waals surface area contributed by atoms with Gasteiger partial charge in [0.25, 0.3) is 0 Å². The minimum atomic E-state index is -0.797. The monoisotopic (exact) mass is 185 g/mol. The van der Waals surface area contributed by atoms with Crippen molar-refractivity contribution in [2.24, 2.45) is 11.7 Å². The predicted octanol–water partition coefficient (Wildman–Crippen LogP) is -0.431. The summed E-state index contributed by atoms with van der Waals surface area (Å²) >= 11 is 0. The molecular weight excluding hydrogens is 170 g/mol. The summed E-state index contributed by atoms with van der Waals surface area (Å²) in [7, 11) is 0. The summed E-state index contributed by atoms with van der Waals surface area (Å²) in [6.07, 6.45) is 2.20. The molecule has 74 valence electrons. The third kappa shape index (κ3) is 3.42. The highest BCUT2D eigenvalue weighted by molar-refractivity contribution is 5.94. The van der Waals surface area contributed by atoms with Gasteiger partial charge in [-0.1, -0.05) is 6.92 Å². The van der Waals surface area contributed by atoms with Crippen LogP contribution in [-0.4, -0.2) is 24.5 Å². The van der Waals surface area contributed by atoms with Crippen molar-refractivity contribution in [3.63, 3.8) is 0 Å². The zero-order valence-corrected chi connectivity index (χ0v) is 7.67. The van der Waals surface area contributed by atoms with Crippen molar-refractivity contribution in [2.45, 2.75) is 25.8 Å². The van der Waals surface area contributed by atoms with Gasteiger partial charge in [-0.2, -0.15) is 0 Å². The van der Waals surface area contributed by atoms with E-state index in [1.54, 1.807) is 0 Å². The summed E-state index contributed by atoms with van der Waals surface area (Å²) in [5, 5.41) is 5.03. The molecule has 1 saturated carbocycles. The van der Waals surface area contributed by atoms with E-state index in [0.717, 1.165) is 18.8 Å². The topological polar surface area (TPSA) is 84.2 Å². The number of nitrogens with one attached hydrogen (secondary N) is 2. The Labute approximate surface area is 77.1 Å². The summed E-state index contributed by atoms with van der Waals surface area (Å²) in [5.41, 5.74) is 4.77. The van der Waals surface area contributed by atoms with Gasteiger partial charge in [0.2, 0.25) is 5.91 Å². The van der Waals surface area contributed by atoms with Crippen LogP contribution < -0.4 is 16.4 Å². The van der Waals surface area contributed by atoms with Crippen LogP contribution in [0.2, 0.25) is 0 Å². The van der Waals surface area contributed by atoms with Crippen molar-refractivity contribution < 1.29 is 9.59 Å². The van der Waals surface area contributed by atoms with Gasteiger partial charge in [0, 0.05) is 6.04 Å². The standard InChI is InChI=1S/C8H15N3O2/c1-5-2-6(3-5)10-4-7(12)11-8(9)13/h5-6,10H,2-4H2,1H3,(H3,9,11,12,13). The normalized spacial score (nSPS) is 26.2. The molecule has 0 bridgehead atoms. The summed E-state index contributed by atoms with van der Waals surface area (Å²) in [6.45, 7) is 2.34. The van der Waals surface area contributed by atoms with Crippen LogP contribution in [0.3, 0.4) is 0 Å². The molecule has 0 aliphatic heterocycles. The van der Waals surface area contributed by atoms with Crippen molar-refractivity contribution >= 4 is 11.9 Å². The van der Waals surface area contributed by atoms with Gasteiger partial charge in [0.1, 0.15) is 0 Å². The fourth-order valence-corrected chi connectivity index (χ4v) is 1.49. The Morgan fingerprint density at radius 3 is 2.54 bits per heavy atom. The average Bonchev–Trinajstić information content (AvgIpc) is 1.94. The first kappa shape index (κ1) is 9.98. The zero-order valence-electron chi connectivity index (χ0n) is 7.67. The average molecular weight is 185 g/mol. The highest BCUT2D eigenvalue weighted by Gasteiger charge is 2.24. The maximum absolute atomic E-state index is 10.9. The molecule has 0 aromatic heterocycles. The number of carbonyl (C=O) groups is 2. The summed E-state index contributed by atoms with van der Waals surface area (Å²) in [5.74, 6) is 0.378. The fourth-order valence-electron chi connectivity index (χ4n) is 1.49. The highest BCUT2D eigenvalue weighted by atomic mass is 16.2. The SMILES string of the molecule is CC1CC(NCC(=O)NC(N)=O)C1. The lowest BCUT2D eigenvalue weighted by Gasteiger charge is -2.33.